The third-order valence-electron chi connectivity index (χ3n) is 4.41. The Kier molecular flexibility index (Phi) is 3.74. The van der Waals surface area contributed by atoms with Crippen molar-refractivity contribution in [2.45, 2.75) is 44.6 Å². The van der Waals surface area contributed by atoms with E-state index in [0.29, 0.717) is 19.3 Å². The zero-order valence-electron chi connectivity index (χ0n) is 11.0. The first kappa shape index (κ1) is 13.5. The maximum Gasteiger partial charge on any atom is 0.123 e. The molecular weight excluding hydrogens is 231 g/mol. The predicted octanol–water partition coefficient (Wildman–Crippen LogP) is 2.41. The van der Waals surface area contributed by atoms with Gasteiger partial charge in [0.1, 0.15) is 5.82 Å². The Bertz CT molecular complexity index is 431. The van der Waals surface area contributed by atoms with Crippen molar-refractivity contribution in [1.29, 1.82) is 0 Å². The number of hydrogen-bond donors (Lipinski definition) is 2. The highest BCUT2D eigenvalue weighted by atomic mass is 19.1. The maximum absolute atomic E-state index is 13.3. The summed E-state index contributed by atoms with van der Waals surface area (Å²) in [6, 6.07) is 4.80. The molecule has 2 rings (SSSR count). The van der Waals surface area contributed by atoms with E-state index < -0.39 is 11.5 Å². The summed E-state index contributed by atoms with van der Waals surface area (Å²) < 4.78 is 13.3. The highest BCUT2D eigenvalue weighted by Gasteiger charge is 2.45. The van der Waals surface area contributed by atoms with E-state index >= 15 is 0 Å². The summed E-state index contributed by atoms with van der Waals surface area (Å²) in [5.41, 5.74) is 1.53. The van der Waals surface area contributed by atoms with Gasteiger partial charge in [0.15, 0.2) is 0 Å². The van der Waals surface area contributed by atoms with Gasteiger partial charge in [-0.25, -0.2) is 4.39 Å². The van der Waals surface area contributed by atoms with Gasteiger partial charge in [-0.1, -0.05) is 19.9 Å². The van der Waals surface area contributed by atoms with Crippen LogP contribution in [-0.4, -0.2) is 22.9 Å². The lowest BCUT2D eigenvalue weighted by atomic mass is 9.60. The molecule has 0 aromatic heterocycles. The van der Waals surface area contributed by atoms with Gasteiger partial charge in [-0.3, -0.25) is 0 Å². The monoisotopic (exact) mass is 252 g/mol. The van der Waals surface area contributed by atoms with Crippen LogP contribution in [0.15, 0.2) is 18.2 Å². The second kappa shape index (κ2) is 4.98. The molecule has 0 spiro atoms. The molecule has 2 nitrogen and oxygen atoms in total. The van der Waals surface area contributed by atoms with Crippen LogP contribution in [0.5, 0.6) is 0 Å². The zero-order chi connectivity index (χ0) is 13.3. The van der Waals surface area contributed by atoms with Gasteiger partial charge in [-0.2, -0.15) is 0 Å². The molecule has 0 saturated heterocycles. The molecule has 100 valence electrons. The number of rotatable bonds is 3. The minimum Gasteiger partial charge on any atom is -0.396 e. The van der Waals surface area contributed by atoms with Crippen LogP contribution < -0.4 is 0 Å². The van der Waals surface area contributed by atoms with E-state index in [1.807, 2.05) is 0 Å². The molecule has 0 heterocycles. The number of aryl methyl sites for hydroxylation is 1. The Hall–Kier alpha value is -0.930. The predicted molar refractivity (Wildman–Crippen MR) is 68.9 cm³/mol. The molecule has 0 bridgehead atoms. The fraction of sp³-hybridized carbons (Fsp3) is 0.600. The summed E-state index contributed by atoms with van der Waals surface area (Å²) in [7, 11) is 0. The quantitative estimate of drug-likeness (QED) is 0.867. The van der Waals surface area contributed by atoms with Gasteiger partial charge in [0, 0.05) is 12.0 Å². The average molecular weight is 252 g/mol. The van der Waals surface area contributed by atoms with Crippen LogP contribution in [0.3, 0.4) is 0 Å². The smallest absolute Gasteiger partial charge is 0.123 e. The van der Waals surface area contributed by atoms with Crippen LogP contribution >= 0.6 is 0 Å². The Morgan fingerprint density at radius 1 is 1.44 bits per heavy atom. The van der Waals surface area contributed by atoms with Gasteiger partial charge >= 0.3 is 0 Å². The van der Waals surface area contributed by atoms with Gasteiger partial charge < -0.3 is 10.2 Å². The molecule has 1 aliphatic rings. The largest absolute Gasteiger partial charge is 0.396 e. The zero-order valence-corrected chi connectivity index (χ0v) is 11.0. The Balaban J connectivity index is 2.58. The maximum atomic E-state index is 13.3. The molecule has 0 unspecified atom stereocenters. The molecule has 0 aliphatic heterocycles. The van der Waals surface area contributed by atoms with Crippen molar-refractivity contribution in [3.8, 4) is 0 Å². The molecule has 3 heteroatoms. The summed E-state index contributed by atoms with van der Waals surface area (Å²) >= 11 is 0. The van der Waals surface area contributed by atoms with E-state index in [-0.39, 0.29) is 18.3 Å². The second-order valence-corrected chi connectivity index (χ2v) is 5.52. The van der Waals surface area contributed by atoms with Crippen molar-refractivity contribution in [2.75, 3.05) is 6.61 Å². The number of halogens is 1. The molecular formula is C15H21FO2. The lowest BCUT2D eigenvalue weighted by molar-refractivity contribution is 0.0179. The first-order valence-electron chi connectivity index (χ1n) is 6.60. The number of aliphatic hydroxyl groups excluding tert-OH is 2. The number of hydrogen-bond acceptors (Lipinski definition) is 2. The number of fused-ring (bicyclic) bond motifs is 1. The molecule has 2 N–H and O–H groups in total. The summed E-state index contributed by atoms with van der Waals surface area (Å²) in [6.45, 7) is 4.14. The topological polar surface area (TPSA) is 40.5 Å². The Morgan fingerprint density at radius 2 is 2.17 bits per heavy atom. The fourth-order valence-corrected chi connectivity index (χ4v) is 3.42. The molecule has 18 heavy (non-hydrogen) atoms. The summed E-state index contributed by atoms with van der Waals surface area (Å²) in [4.78, 5) is 0. The van der Waals surface area contributed by atoms with Crippen LogP contribution in [0.2, 0.25) is 0 Å². The number of aliphatic hydroxyl groups is 2. The van der Waals surface area contributed by atoms with Crippen molar-refractivity contribution >= 4 is 0 Å². The lowest BCUT2D eigenvalue weighted by Gasteiger charge is -2.46. The second-order valence-electron chi connectivity index (χ2n) is 5.52. The van der Waals surface area contributed by atoms with E-state index in [4.69, 9.17) is 0 Å². The lowest BCUT2D eigenvalue weighted by Crippen LogP contribution is -2.48. The van der Waals surface area contributed by atoms with Gasteiger partial charge in [0.05, 0.1) is 6.10 Å². The van der Waals surface area contributed by atoms with Crippen LogP contribution in [-0.2, 0) is 11.8 Å². The van der Waals surface area contributed by atoms with Crippen molar-refractivity contribution in [3.05, 3.63) is 35.1 Å². The molecule has 2 atom stereocenters. The minimum atomic E-state index is -0.470. The van der Waals surface area contributed by atoms with E-state index in [1.54, 1.807) is 12.1 Å². The molecule has 0 fully saturated rings. The van der Waals surface area contributed by atoms with Gasteiger partial charge in [0.2, 0.25) is 0 Å². The van der Waals surface area contributed by atoms with Crippen LogP contribution in [0.25, 0.3) is 0 Å². The van der Waals surface area contributed by atoms with Crippen LogP contribution in [0.1, 0.15) is 37.8 Å². The molecule has 1 aromatic carbocycles. The third kappa shape index (κ3) is 1.95. The van der Waals surface area contributed by atoms with Crippen molar-refractivity contribution in [3.63, 3.8) is 0 Å². The van der Waals surface area contributed by atoms with E-state index in [0.717, 1.165) is 11.1 Å². The fourth-order valence-electron chi connectivity index (χ4n) is 3.42. The van der Waals surface area contributed by atoms with Crippen molar-refractivity contribution < 1.29 is 14.6 Å². The molecule has 0 radical (unpaired) electrons. The van der Waals surface area contributed by atoms with E-state index in [2.05, 4.69) is 13.8 Å². The molecule has 0 amide bonds. The molecule has 1 aromatic rings. The van der Waals surface area contributed by atoms with Gasteiger partial charge in [0.25, 0.3) is 0 Å². The molecule has 0 saturated carbocycles. The Labute approximate surface area is 107 Å². The normalized spacial score (nSPS) is 27.3. The summed E-state index contributed by atoms with van der Waals surface area (Å²) in [5.74, 6) is -0.0315. The van der Waals surface area contributed by atoms with E-state index in [9.17, 15) is 14.6 Å². The molecule has 1 aliphatic carbocycles. The van der Waals surface area contributed by atoms with Gasteiger partial charge in [-0.05, 0) is 48.4 Å². The van der Waals surface area contributed by atoms with Gasteiger partial charge in [-0.15, -0.1) is 0 Å². The SMILES string of the molecule is CC(C)[C@]1(CCO)c2ccc(F)cc2CC[C@@H]1O. The standard InChI is InChI=1S/C15H21FO2/c1-10(2)15(7-8-17)13-5-4-12(16)9-11(13)3-6-14(15)18/h4-5,9-10,14,17-18H,3,6-8H2,1-2H3/t14-,15+/m0/s1. The van der Waals surface area contributed by atoms with Crippen LogP contribution in [0, 0.1) is 11.7 Å². The Morgan fingerprint density at radius 3 is 2.78 bits per heavy atom. The highest BCUT2D eigenvalue weighted by molar-refractivity contribution is 5.39. The first-order valence-corrected chi connectivity index (χ1v) is 6.60. The minimum absolute atomic E-state index is 0.0338. The van der Waals surface area contributed by atoms with E-state index in [1.165, 1.54) is 6.07 Å². The summed E-state index contributed by atoms with van der Waals surface area (Å²) in [6.07, 6.45) is 1.38. The highest BCUT2D eigenvalue weighted by Crippen LogP contribution is 2.45. The van der Waals surface area contributed by atoms with Crippen molar-refractivity contribution in [2.24, 2.45) is 5.92 Å². The summed E-state index contributed by atoms with van der Waals surface area (Å²) in [5, 5.41) is 19.8. The van der Waals surface area contributed by atoms with Crippen LogP contribution in [0.4, 0.5) is 4.39 Å². The number of benzene rings is 1. The first-order chi connectivity index (χ1) is 8.52. The third-order valence-corrected chi connectivity index (χ3v) is 4.41. The average Bonchev–Trinajstić information content (AvgIpc) is 2.32. The van der Waals surface area contributed by atoms with Crippen molar-refractivity contribution in [1.82, 2.24) is 0 Å².